The van der Waals surface area contributed by atoms with Crippen molar-refractivity contribution in [3.63, 3.8) is 0 Å². The first-order valence-corrected chi connectivity index (χ1v) is 6.93. The molecule has 3 heteroatoms. The molecule has 1 fully saturated rings. The Balaban J connectivity index is 1.79. The minimum absolute atomic E-state index is 0.166. The number of hydrogen-bond acceptors (Lipinski definition) is 3. The van der Waals surface area contributed by atoms with Crippen LogP contribution in [0.5, 0.6) is 0 Å². The molecular weight excluding hydrogens is 224 g/mol. The van der Waals surface area contributed by atoms with Crippen LogP contribution in [0.4, 0.5) is 0 Å². The standard InChI is InChI=1S/C15H24N2O/c1-17(11-7-14-6-2-5-10-16-14)12-15(13-18)8-3-4-9-15/h2,5-6,10,18H,3-4,7-9,11-13H2,1H3. The maximum absolute atomic E-state index is 9.61. The summed E-state index contributed by atoms with van der Waals surface area (Å²) in [7, 11) is 2.15. The van der Waals surface area contributed by atoms with Crippen LogP contribution in [0.2, 0.25) is 0 Å². The summed E-state index contributed by atoms with van der Waals surface area (Å²) in [5.41, 5.74) is 1.31. The van der Waals surface area contributed by atoms with Crippen molar-refractivity contribution in [1.82, 2.24) is 9.88 Å². The Morgan fingerprint density at radius 2 is 2.11 bits per heavy atom. The second kappa shape index (κ2) is 6.30. The van der Waals surface area contributed by atoms with Gasteiger partial charge in [-0.05, 0) is 32.0 Å². The molecule has 1 aliphatic carbocycles. The minimum atomic E-state index is 0.166. The van der Waals surface area contributed by atoms with Crippen molar-refractivity contribution in [2.75, 3.05) is 26.7 Å². The van der Waals surface area contributed by atoms with E-state index in [1.165, 1.54) is 25.7 Å². The zero-order valence-electron chi connectivity index (χ0n) is 11.3. The van der Waals surface area contributed by atoms with Gasteiger partial charge in [0.15, 0.2) is 0 Å². The predicted molar refractivity (Wildman–Crippen MR) is 73.4 cm³/mol. The summed E-state index contributed by atoms with van der Waals surface area (Å²) in [4.78, 5) is 6.69. The molecule has 0 amide bonds. The van der Waals surface area contributed by atoms with Crippen molar-refractivity contribution in [3.05, 3.63) is 30.1 Å². The zero-order valence-corrected chi connectivity index (χ0v) is 11.3. The van der Waals surface area contributed by atoms with Gasteiger partial charge in [-0.3, -0.25) is 4.98 Å². The summed E-state index contributed by atoms with van der Waals surface area (Å²) >= 11 is 0. The van der Waals surface area contributed by atoms with E-state index >= 15 is 0 Å². The highest BCUT2D eigenvalue weighted by molar-refractivity contribution is 5.03. The highest BCUT2D eigenvalue weighted by atomic mass is 16.3. The van der Waals surface area contributed by atoms with E-state index in [2.05, 4.69) is 23.0 Å². The lowest BCUT2D eigenvalue weighted by molar-refractivity contribution is 0.0893. The van der Waals surface area contributed by atoms with Crippen LogP contribution in [0.15, 0.2) is 24.4 Å². The van der Waals surface area contributed by atoms with Crippen LogP contribution < -0.4 is 0 Å². The average molecular weight is 248 g/mol. The number of nitrogens with zero attached hydrogens (tertiary/aromatic N) is 2. The number of aliphatic hydroxyl groups is 1. The maximum Gasteiger partial charge on any atom is 0.0499 e. The van der Waals surface area contributed by atoms with Gasteiger partial charge in [-0.15, -0.1) is 0 Å². The molecule has 1 aromatic rings. The molecule has 0 bridgehead atoms. The fourth-order valence-corrected chi connectivity index (χ4v) is 2.99. The Labute approximate surface area is 110 Å². The van der Waals surface area contributed by atoms with Crippen molar-refractivity contribution in [3.8, 4) is 0 Å². The number of pyridine rings is 1. The van der Waals surface area contributed by atoms with E-state index in [4.69, 9.17) is 0 Å². The van der Waals surface area contributed by atoms with E-state index in [1.54, 1.807) is 0 Å². The molecule has 0 aromatic carbocycles. The maximum atomic E-state index is 9.61. The van der Waals surface area contributed by atoms with E-state index < -0.39 is 0 Å². The van der Waals surface area contributed by atoms with Gasteiger partial charge >= 0.3 is 0 Å². The first-order valence-electron chi connectivity index (χ1n) is 6.93. The summed E-state index contributed by atoms with van der Waals surface area (Å²) in [6.45, 7) is 2.36. The highest BCUT2D eigenvalue weighted by Crippen LogP contribution is 2.38. The molecule has 0 unspecified atom stereocenters. The second-order valence-corrected chi connectivity index (χ2v) is 5.67. The van der Waals surface area contributed by atoms with Gasteiger partial charge in [0.25, 0.3) is 0 Å². The normalized spacial score (nSPS) is 18.4. The lowest BCUT2D eigenvalue weighted by atomic mass is 9.86. The van der Waals surface area contributed by atoms with Crippen molar-refractivity contribution in [2.24, 2.45) is 5.41 Å². The predicted octanol–water partition coefficient (Wildman–Crippen LogP) is 2.11. The molecular formula is C15H24N2O. The average Bonchev–Trinajstić information content (AvgIpc) is 2.87. The van der Waals surface area contributed by atoms with Crippen LogP contribution >= 0.6 is 0 Å². The molecule has 1 heterocycles. The van der Waals surface area contributed by atoms with Crippen LogP contribution in [0.3, 0.4) is 0 Å². The minimum Gasteiger partial charge on any atom is -0.396 e. The Kier molecular flexibility index (Phi) is 4.72. The topological polar surface area (TPSA) is 36.4 Å². The summed E-state index contributed by atoms with van der Waals surface area (Å²) in [5, 5.41) is 9.61. The zero-order chi connectivity index (χ0) is 12.8. The molecule has 0 spiro atoms. The highest BCUT2D eigenvalue weighted by Gasteiger charge is 2.33. The number of rotatable bonds is 6. The van der Waals surface area contributed by atoms with Crippen LogP contribution in [0, 0.1) is 5.41 Å². The first kappa shape index (κ1) is 13.5. The molecule has 1 N–H and O–H groups in total. The fraction of sp³-hybridized carbons (Fsp3) is 0.667. The Hall–Kier alpha value is -0.930. The third-order valence-corrected chi connectivity index (χ3v) is 4.08. The van der Waals surface area contributed by atoms with Gasteiger partial charge in [-0.25, -0.2) is 0 Å². The van der Waals surface area contributed by atoms with Gasteiger partial charge in [0.2, 0.25) is 0 Å². The molecule has 0 atom stereocenters. The molecule has 1 saturated carbocycles. The fourth-order valence-electron chi connectivity index (χ4n) is 2.99. The van der Waals surface area contributed by atoms with Gasteiger partial charge < -0.3 is 10.0 Å². The van der Waals surface area contributed by atoms with E-state index in [0.29, 0.717) is 6.61 Å². The van der Waals surface area contributed by atoms with Gasteiger partial charge in [-0.1, -0.05) is 18.9 Å². The molecule has 2 rings (SSSR count). The molecule has 0 aliphatic heterocycles. The van der Waals surface area contributed by atoms with Crippen molar-refractivity contribution < 1.29 is 5.11 Å². The smallest absolute Gasteiger partial charge is 0.0499 e. The third kappa shape index (κ3) is 3.53. The van der Waals surface area contributed by atoms with Crippen molar-refractivity contribution in [1.29, 1.82) is 0 Å². The number of aliphatic hydroxyl groups excluding tert-OH is 1. The van der Waals surface area contributed by atoms with Gasteiger partial charge in [0.1, 0.15) is 0 Å². The van der Waals surface area contributed by atoms with Crippen molar-refractivity contribution >= 4 is 0 Å². The van der Waals surface area contributed by atoms with Gasteiger partial charge in [-0.2, -0.15) is 0 Å². The van der Waals surface area contributed by atoms with Gasteiger partial charge in [0, 0.05) is 43.4 Å². The number of hydrogen-bond donors (Lipinski definition) is 1. The summed E-state index contributed by atoms with van der Waals surface area (Å²) in [5.74, 6) is 0. The molecule has 1 aromatic heterocycles. The third-order valence-electron chi connectivity index (χ3n) is 4.08. The molecule has 1 aliphatic rings. The lowest BCUT2D eigenvalue weighted by Crippen LogP contribution is -2.37. The Bertz CT molecular complexity index is 347. The van der Waals surface area contributed by atoms with Crippen molar-refractivity contribution in [2.45, 2.75) is 32.1 Å². The molecule has 0 saturated heterocycles. The van der Waals surface area contributed by atoms with E-state index in [9.17, 15) is 5.11 Å². The molecule has 3 nitrogen and oxygen atoms in total. The number of likely N-dealkylation sites (N-methyl/N-ethyl adjacent to an activating group) is 1. The largest absolute Gasteiger partial charge is 0.396 e. The molecule has 0 radical (unpaired) electrons. The summed E-state index contributed by atoms with van der Waals surface area (Å²) < 4.78 is 0. The molecule has 100 valence electrons. The Morgan fingerprint density at radius 1 is 1.33 bits per heavy atom. The first-order chi connectivity index (χ1) is 8.74. The monoisotopic (exact) mass is 248 g/mol. The second-order valence-electron chi connectivity index (χ2n) is 5.67. The summed E-state index contributed by atoms with van der Waals surface area (Å²) in [6.07, 6.45) is 7.73. The van der Waals surface area contributed by atoms with Gasteiger partial charge in [0.05, 0.1) is 0 Å². The number of aromatic nitrogens is 1. The van der Waals surface area contributed by atoms with Crippen LogP contribution in [0.1, 0.15) is 31.4 Å². The lowest BCUT2D eigenvalue weighted by Gasteiger charge is -2.31. The SMILES string of the molecule is CN(CCc1ccccn1)CC1(CO)CCCC1. The Morgan fingerprint density at radius 3 is 2.72 bits per heavy atom. The van der Waals surface area contributed by atoms with E-state index in [-0.39, 0.29) is 5.41 Å². The van der Waals surface area contributed by atoms with E-state index in [0.717, 1.165) is 25.2 Å². The van der Waals surface area contributed by atoms with E-state index in [1.807, 2.05) is 18.3 Å². The molecule has 18 heavy (non-hydrogen) atoms. The quantitative estimate of drug-likeness (QED) is 0.837. The van der Waals surface area contributed by atoms with Crippen LogP contribution in [-0.2, 0) is 6.42 Å². The van der Waals surface area contributed by atoms with Crippen LogP contribution in [-0.4, -0.2) is 41.7 Å². The summed E-state index contributed by atoms with van der Waals surface area (Å²) in [6, 6.07) is 6.06. The van der Waals surface area contributed by atoms with Crippen LogP contribution in [0.25, 0.3) is 0 Å².